The van der Waals surface area contributed by atoms with E-state index >= 15 is 0 Å². The van der Waals surface area contributed by atoms with Gasteiger partial charge in [-0.3, -0.25) is 14.0 Å². The van der Waals surface area contributed by atoms with Gasteiger partial charge in [0.1, 0.15) is 11.2 Å². The van der Waals surface area contributed by atoms with Crippen molar-refractivity contribution in [2.24, 2.45) is 7.05 Å². The van der Waals surface area contributed by atoms with E-state index in [0.717, 1.165) is 24.4 Å². The number of hydrogen-bond donors (Lipinski definition) is 0. The summed E-state index contributed by atoms with van der Waals surface area (Å²) in [6, 6.07) is 9.62. The van der Waals surface area contributed by atoms with E-state index in [-0.39, 0.29) is 5.56 Å². The summed E-state index contributed by atoms with van der Waals surface area (Å²) in [6.45, 7) is 2.08. The monoisotopic (exact) mass is 268 g/mol. The summed E-state index contributed by atoms with van der Waals surface area (Å²) in [7, 11) is 1.80. The lowest BCUT2D eigenvalue weighted by molar-refractivity contribution is 0.747. The SMILES string of the molecule is CCCc1nc2c(cnn2C)c(=O)n1-c1ccccc1. The molecule has 0 atom stereocenters. The van der Waals surface area contributed by atoms with Crippen LogP contribution in [0.2, 0.25) is 0 Å². The van der Waals surface area contributed by atoms with E-state index in [0.29, 0.717) is 11.0 Å². The number of aryl methyl sites for hydroxylation is 2. The number of benzene rings is 1. The Kier molecular flexibility index (Phi) is 3.10. The topological polar surface area (TPSA) is 52.7 Å². The highest BCUT2D eigenvalue weighted by Gasteiger charge is 2.14. The minimum atomic E-state index is -0.0576. The van der Waals surface area contributed by atoms with Gasteiger partial charge in [0.2, 0.25) is 0 Å². The molecule has 20 heavy (non-hydrogen) atoms. The number of nitrogens with zero attached hydrogens (tertiary/aromatic N) is 4. The van der Waals surface area contributed by atoms with Gasteiger partial charge in [-0.2, -0.15) is 5.10 Å². The minimum absolute atomic E-state index is 0.0576. The van der Waals surface area contributed by atoms with E-state index in [1.165, 1.54) is 0 Å². The maximum atomic E-state index is 12.7. The Bertz CT molecular complexity index is 802. The predicted octanol–water partition coefficient (Wildman–Crippen LogP) is 2.07. The Morgan fingerprint density at radius 1 is 1.20 bits per heavy atom. The van der Waals surface area contributed by atoms with Crippen LogP contribution in [0.4, 0.5) is 0 Å². The highest BCUT2D eigenvalue weighted by atomic mass is 16.1. The van der Waals surface area contributed by atoms with Gasteiger partial charge in [-0.25, -0.2) is 4.98 Å². The van der Waals surface area contributed by atoms with Gasteiger partial charge >= 0.3 is 0 Å². The van der Waals surface area contributed by atoms with Crippen LogP contribution in [-0.4, -0.2) is 19.3 Å². The molecule has 0 N–H and O–H groups in total. The molecule has 1 aromatic carbocycles. The summed E-state index contributed by atoms with van der Waals surface area (Å²) in [5, 5.41) is 4.69. The van der Waals surface area contributed by atoms with Crippen LogP contribution in [0, 0.1) is 0 Å². The van der Waals surface area contributed by atoms with Crippen LogP contribution in [0.25, 0.3) is 16.7 Å². The van der Waals surface area contributed by atoms with Crippen LogP contribution in [0.3, 0.4) is 0 Å². The lowest BCUT2D eigenvalue weighted by Crippen LogP contribution is -2.23. The molecule has 0 bridgehead atoms. The first-order valence-corrected chi connectivity index (χ1v) is 6.71. The Morgan fingerprint density at radius 3 is 2.65 bits per heavy atom. The number of fused-ring (bicyclic) bond motifs is 1. The van der Waals surface area contributed by atoms with Gasteiger partial charge in [0.15, 0.2) is 5.65 Å². The molecule has 0 radical (unpaired) electrons. The molecule has 2 heterocycles. The Hall–Kier alpha value is -2.43. The fourth-order valence-corrected chi connectivity index (χ4v) is 2.36. The second-order valence-corrected chi connectivity index (χ2v) is 4.76. The van der Waals surface area contributed by atoms with Crippen molar-refractivity contribution in [1.29, 1.82) is 0 Å². The molecule has 0 unspecified atom stereocenters. The molecule has 0 saturated carbocycles. The second-order valence-electron chi connectivity index (χ2n) is 4.76. The number of para-hydroxylation sites is 1. The lowest BCUT2D eigenvalue weighted by atomic mass is 10.2. The minimum Gasteiger partial charge on any atom is -0.268 e. The van der Waals surface area contributed by atoms with E-state index in [2.05, 4.69) is 17.0 Å². The van der Waals surface area contributed by atoms with Crippen molar-refractivity contribution >= 4 is 11.0 Å². The van der Waals surface area contributed by atoms with E-state index in [4.69, 9.17) is 0 Å². The first-order chi connectivity index (χ1) is 9.72. The van der Waals surface area contributed by atoms with E-state index < -0.39 is 0 Å². The summed E-state index contributed by atoms with van der Waals surface area (Å²) in [4.78, 5) is 17.3. The highest BCUT2D eigenvalue weighted by molar-refractivity contribution is 5.73. The van der Waals surface area contributed by atoms with E-state index in [1.54, 1.807) is 22.5 Å². The van der Waals surface area contributed by atoms with Crippen molar-refractivity contribution in [2.45, 2.75) is 19.8 Å². The van der Waals surface area contributed by atoms with Crippen LogP contribution in [0.15, 0.2) is 41.3 Å². The lowest BCUT2D eigenvalue weighted by Gasteiger charge is -2.11. The molecule has 5 heteroatoms. The first-order valence-electron chi connectivity index (χ1n) is 6.71. The van der Waals surface area contributed by atoms with E-state index in [1.807, 2.05) is 30.3 Å². The summed E-state index contributed by atoms with van der Waals surface area (Å²) in [5.74, 6) is 0.778. The van der Waals surface area contributed by atoms with Crippen molar-refractivity contribution in [1.82, 2.24) is 19.3 Å². The fourth-order valence-electron chi connectivity index (χ4n) is 2.36. The van der Waals surface area contributed by atoms with Crippen molar-refractivity contribution < 1.29 is 0 Å². The predicted molar refractivity (Wildman–Crippen MR) is 78.1 cm³/mol. The van der Waals surface area contributed by atoms with Gasteiger partial charge in [0, 0.05) is 13.5 Å². The molecule has 5 nitrogen and oxygen atoms in total. The molecule has 0 amide bonds. The van der Waals surface area contributed by atoms with Gasteiger partial charge in [0.05, 0.1) is 11.9 Å². The smallest absolute Gasteiger partial charge is 0.268 e. The van der Waals surface area contributed by atoms with Gasteiger partial charge in [-0.1, -0.05) is 25.1 Å². The number of rotatable bonds is 3. The molecule has 3 rings (SSSR count). The fraction of sp³-hybridized carbons (Fsp3) is 0.267. The molecular formula is C15H16N4O. The molecule has 3 aromatic rings. The normalized spacial score (nSPS) is 11.1. The number of hydrogen-bond acceptors (Lipinski definition) is 3. The third kappa shape index (κ3) is 1.91. The summed E-state index contributed by atoms with van der Waals surface area (Å²) in [5.41, 5.74) is 1.43. The zero-order valence-electron chi connectivity index (χ0n) is 11.6. The number of aromatic nitrogens is 4. The summed E-state index contributed by atoms with van der Waals surface area (Å²) in [6.07, 6.45) is 3.27. The average molecular weight is 268 g/mol. The summed E-state index contributed by atoms with van der Waals surface area (Å²) < 4.78 is 3.33. The van der Waals surface area contributed by atoms with Gasteiger partial charge in [0.25, 0.3) is 5.56 Å². The largest absolute Gasteiger partial charge is 0.269 e. The molecule has 0 aliphatic heterocycles. The van der Waals surface area contributed by atoms with Crippen LogP contribution in [-0.2, 0) is 13.5 Å². The average Bonchev–Trinajstić information content (AvgIpc) is 2.82. The second kappa shape index (κ2) is 4.92. The van der Waals surface area contributed by atoms with Crippen LogP contribution >= 0.6 is 0 Å². The van der Waals surface area contributed by atoms with Crippen LogP contribution in [0.5, 0.6) is 0 Å². The van der Waals surface area contributed by atoms with Gasteiger partial charge in [-0.05, 0) is 18.6 Å². The van der Waals surface area contributed by atoms with Crippen LogP contribution in [0.1, 0.15) is 19.2 Å². The molecule has 102 valence electrons. The van der Waals surface area contributed by atoms with Crippen molar-refractivity contribution in [2.75, 3.05) is 0 Å². The van der Waals surface area contributed by atoms with Gasteiger partial charge < -0.3 is 0 Å². The molecule has 0 aliphatic carbocycles. The molecule has 2 aromatic heterocycles. The molecular weight excluding hydrogens is 252 g/mol. The third-order valence-electron chi connectivity index (χ3n) is 3.32. The van der Waals surface area contributed by atoms with Crippen molar-refractivity contribution in [3.05, 3.63) is 52.7 Å². The first kappa shape index (κ1) is 12.6. The zero-order chi connectivity index (χ0) is 14.1. The standard InChI is InChI=1S/C15H16N4O/c1-3-7-13-17-14-12(10-16-18(14)2)15(20)19(13)11-8-5-4-6-9-11/h4-6,8-10H,3,7H2,1-2H3. The molecule has 0 saturated heterocycles. The maximum absolute atomic E-state index is 12.7. The zero-order valence-corrected chi connectivity index (χ0v) is 11.6. The molecule has 0 spiro atoms. The van der Waals surface area contributed by atoms with E-state index in [9.17, 15) is 4.79 Å². The summed E-state index contributed by atoms with van der Waals surface area (Å²) >= 11 is 0. The van der Waals surface area contributed by atoms with Gasteiger partial charge in [-0.15, -0.1) is 0 Å². The maximum Gasteiger partial charge on any atom is 0.269 e. The van der Waals surface area contributed by atoms with Crippen LogP contribution < -0.4 is 5.56 Å². The Morgan fingerprint density at radius 2 is 1.95 bits per heavy atom. The highest BCUT2D eigenvalue weighted by Crippen LogP contribution is 2.13. The van der Waals surface area contributed by atoms with Crippen molar-refractivity contribution in [3.63, 3.8) is 0 Å². The molecule has 0 fully saturated rings. The third-order valence-corrected chi connectivity index (χ3v) is 3.32. The Labute approximate surface area is 116 Å². The Balaban J connectivity index is 2.37. The molecule has 0 aliphatic rings. The quantitative estimate of drug-likeness (QED) is 0.730. The van der Waals surface area contributed by atoms with Crippen molar-refractivity contribution in [3.8, 4) is 5.69 Å².